The molecule has 0 saturated carbocycles. The second kappa shape index (κ2) is 7.69. The first kappa shape index (κ1) is 16.8. The highest BCUT2D eigenvalue weighted by atomic mass is 16.5. The summed E-state index contributed by atoms with van der Waals surface area (Å²) in [7, 11) is 0. The van der Waals surface area contributed by atoms with Gasteiger partial charge in [0.15, 0.2) is 12.4 Å². The molecule has 0 bridgehead atoms. The lowest BCUT2D eigenvalue weighted by Gasteiger charge is -2.09. The Morgan fingerprint density at radius 1 is 1.00 bits per heavy atom. The summed E-state index contributed by atoms with van der Waals surface area (Å²) in [5.41, 5.74) is 2.76. The monoisotopic (exact) mass is 340 g/mol. The average Bonchev–Trinajstić information content (AvgIpc) is 3.06. The number of aryl methyl sites for hydroxylation is 3. The molecule has 2 aromatic heterocycles. The maximum atomic E-state index is 5.61. The van der Waals surface area contributed by atoms with Crippen molar-refractivity contribution in [3.63, 3.8) is 0 Å². The molecule has 0 aliphatic heterocycles. The van der Waals surface area contributed by atoms with Crippen LogP contribution in [0.4, 0.5) is 11.6 Å². The van der Waals surface area contributed by atoms with E-state index in [1.54, 1.807) is 6.92 Å². The normalized spacial score (nSPS) is 10.7. The minimum Gasteiger partial charge on any atom is -0.484 e. The van der Waals surface area contributed by atoms with E-state index >= 15 is 0 Å². The van der Waals surface area contributed by atoms with Crippen molar-refractivity contribution in [1.29, 1.82) is 0 Å². The summed E-state index contributed by atoms with van der Waals surface area (Å²) in [5.74, 6) is 2.23. The second-order valence-electron chi connectivity index (χ2n) is 5.41. The first-order valence-corrected chi connectivity index (χ1v) is 8.19. The molecule has 130 valence electrons. The van der Waals surface area contributed by atoms with Gasteiger partial charge in [-0.2, -0.15) is 4.98 Å². The Hall–Kier alpha value is -3.03. The Balaban J connectivity index is 1.62. The molecule has 0 amide bonds. The van der Waals surface area contributed by atoms with Gasteiger partial charge in [0.05, 0.1) is 11.4 Å². The second-order valence-corrected chi connectivity index (χ2v) is 5.41. The molecule has 0 aliphatic rings. The number of aromatic nitrogens is 5. The molecule has 8 nitrogen and oxygen atoms in total. The molecule has 0 atom stereocenters. The van der Waals surface area contributed by atoms with Crippen LogP contribution in [-0.4, -0.2) is 25.3 Å². The summed E-state index contributed by atoms with van der Waals surface area (Å²) in [6.07, 6.45) is 1.66. The fourth-order valence-corrected chi connectivity index (χ4v) is 2.30. The SMILES string of the molecule is CCc1nnc(Nc2ccc(OCc3nc(C)no3)cc2)nc1CC. The van der Waals surface area contributed by atoms with Crippen molar-refractivity contribution in [2.45, 2.75) is 40.2 Å². The molecule has 1 aromatic carbocycles. The standard InChI is InChI=1S/C17H20N6O2/c1-4-14-15(5-2)21-22-17(20-14)19-12-6-8-13(9-7-12)24-10-16-18-11(3)23-25-16/h6-9H,4-5,10H2,1-3H3,(H,19,20,22). The minimum absolute atomic E-state index is 0.235. The van der Waals surface area contributed by atoms with Crippen molar-refractivity contribution < 1.29 is 9.26 Å². The van der Waals surface area contributed by atoms with E-state index in [0.717, 1.165) is 29.9 Å². The Morgan fingerprint density at radius 3 is 2.40 bits per heavy atom. The van der Waals surface area contributed by atoms with E-state index in [9.17, 15) is 0 Å². The summed E-state index contributed by atoms with van der Waals surface area (Å²) < 4.78 is 10.6. The summed E-state index contributed by atoms with van der Waals surface area (Å²) in [4.78, 5) is 8.61. The minimum atomic E-state index is 0.235. The predicted molar refractivity (Wildman–Crippen MR) is 91.7 cm³/mol. The largest absolute Gasteiger partial charge is 0.484 e. The third-order valence-electron chi connectivity index (χ3n) is 3.55. The molecule has 3 aromatic rings. The van der Waals surface area contributed by atoms with E-state index < -0.39 is 0 Å². The molecule has 0 fully saturated rings. The Bertz CT molecular complexity index is 831. The Morgan fingerprint density at radius 2 is 1.76 bits per heavy atom. The summed E-state index contributed by atoms with van der Waals surface area (Å²) in [6.45, 7) is 6.11. The number of ether oxygens (including phenoxy) is 1. The molecule has 0 unspecified atom stereocenters. The van der Waals surface area contributed by atoms with E-state index in [1.807, 2.05) is 31.2 Å². The molecule has 0 radical (unpaired) electrons. The number of hydrogen-bond acceptors (Lipinski definition) is 8. The van der Waals surface area contributed by atoms with Crippen LogP contribution in [0.2, 0.25) is 0 Å². The third kappa shape index (κ3) is 4.28. The lowest BCUT2D eigenvalue weighted by Crippen LogP contribution is -2.06. The van der Waals surface area contributed by atoms with Gasteiger partial charge in [0.25, 0.3) is 5.89 Å². The van der Waals surface area contributed by atoms with Crippen molar-refractivity contribution in [3.05, 3.63) is 47.4 Å². The van der Waals surface area contributed by atoms with Crippen LogP contribution in [0.3, 0.4) is 0 Å². The quantitative estimate of drug-likeness (QED) is 0.701. The lowest BCUT2D eigenvalue weighted by molar-refractivity contribution is 0.242. The Labute approximate surface area is 145 Å². The number of rotatable bonds is 7. The van der Waals surface area contributed by atoms with Crippen LogP contribution in [0, 0.1) is 6.92 Å². The molecule has 3 rings (SSSR count). The molecule has 0 aliphatic carbocycles. The van der Waals surface area contributed by atoms with Gasteiger partial charge in [-0.1, -0.05) is 19.0 Å². The van der Waals surface area contributed by atoms with Crippen LogP contribution in [0.1, 0.15) is 37.0 Å². The lowest BCUT2D eigenvalue weighted by atomic mass is 10.2. The highest BCUT2D eigenvalue weighted by molar-refractivity contribution is 5.54. The maximum Gasteiger partial charge on any atom is 0.264 e. The topological polar surface area (TPSA) is 98.9 Å². The molecule has 0 saturated heterocycles. The molecule has 8 heteroatoms. The van der Waals surface area contributed by atoms with Crippen LogP contribution >= 0.6 is 0 Å². The van der Waals surface area contributed by atoms with Crippen molar-refractivity contribution in [3.8, 4) is 5.75 Å². The van der Waals surface area contributed by atoms with E-state index in [-0.39, 0.29) is 6.61 Å². The van der Waals surface area contributed by atoms with E-state index in [4.69, 9.17) is 9.26 Å². The smallest absolute Gasteiger partial charge is 0.264 e. The average molecular weight is 340 g/mol. The van der Waals surface area contributed by atoms with Crippen LogP contribution in [0.5, 0.6) is 5.75 Å². The van der Waals surface area contributed by atoms with Crippen LogP contribution in [-0.2, 0) is 19.4 Å². The number of nitrogens with one attached hydrogen (secondary N) is 1. The van der Waals surface area contributed by atoms with Gasteiger partial charge < -0.3 is 14.6 Å². The van der Waals surface area contributed by atoms with Crippen molar-refractivity contribution >= 4 is 11.6 Å². The molecule has 25 heavy (non-hydrogen) atoms. The zero-order valence-corrected chi connectivity index (χ0v) is 14.5. The molecular weight excluding hydrogens is 320 g/mol. The maximum absolute atomic E-state index is 5.61. The number of anilines is 2. The highest BCUT2D eigenvalue weighted by Crippen LogP contribution is 2.19. The van der Waals surface area contributed by atoms with E-state index in [2.05, 4.69) is 37.6 Å². The van der Waals surface area contributed by atoms with Gasteiger partial charge >= 0.3 is 0 Å². The van der Waals surface area contributed by atoms with Crippen molar-refractivity contribution in [2.75, 3.05) is 5.32 Å². The first-order chi connectivity index (χ1) is 12.2. The van der Waals surface area contributed by atoms with Gasteiger partial charge in [-0.15, -0.1) is 10.2 Å². The number of hydrogen-bond donors (Lipinski definition) is 1. The predicted octanol–water partition coefficient (Wildman–Crippen LogP) is 3.01. The van der Waals surface area contributed by atoms with Gasteiger partial charge in [0.1, 0.15) is 5.75 Å². The summed E-state index contributed by atoms with van der Waals surface area (Å²) >= 11 is 0. The summed E-state index contributed by atoms with van der Waals surface area (Å²) in [5, 5.41) is 15.2. The fraction of sp³-hybridized carbons (Fsp3) is 0.353. The van der Waals surface area contributed by atoms with Crippen molar-refractivity contribution in [1.82, 2.24) is 25.3 Å². The fourth-order valence-electron chi connectivity index (χ4n) is 2.30. The van der Waals surface area contributed by atoms with Gasteiger partial charge in [0.2, 0.25) is 5.95 Å². The number of benzene rings is 1. The molecule has 1 N–H and O–H groups in total. The zero-order chi connectivity index (χ0) is 17.6. The molecular formula is C17H20N6O2. The van der Waals surface area contributed by atoms with Crippen LogP contribution in [0.25, 0.3) is 0 Å². The van der Waals surface area contributed by atoms with E-state index in [1.165, 1.54) is 0 Å². The van der Waals surface area contributed by atoms with Crippen LogP contribution in [0.15, 0.2) is 28.8 Å². The Kier molecular flexibility index (Phi) is 5.17. The van der Waals surface area contributed by atoms with Gasteiger partial charge in [-0.3, -0.25) is 0 Å². The van der Waals surface area contributed by atoms with Gasteiger partial charge in [-0.05, 0) is 44.0 Å². The van der Waals surface area contributed by atoms with Crippen LogP contribution < -0.4 is 10.1 Å². The zero-order valence-electron chi connectivity index (χ0n) is 14.5. The summed E-state index contributed by atoms with van der Waals surface area (Å²) in [6, 6.07) is 7.47. The van der Waals surface area contributed by atoms with Gasteiger partial charge in [-0.25, -0.2) is 4.98 Å². The molecule has 0 spiro atoms. The van der Waals surface area contributed by atoms with Crippen molar-refractivity contribution in [2.24, 2.45) is 0 Å². The number of nitrogens with zero attached hydrogens (tertiary/aromatic N) is 5. The first-order valence-electron chi connectivity index (χ1n) is 8.19. The van der Waals surface area contributed by atoms with Gasteiger partial charge in [0, 0.05) is 5.69 Å². The molecule has 2 heterocycles. The highest BCUT2D eigenvalue weighted by Gasteiger charge is 2.07. The van der Waals surface area contributed by atoms with E-state index in [0.29, 0.717) is 23.4 Å². The third-order valence-corrected chi connectivity index (χ3v) is 3.55.